The fraction of sp³-hybridized carbons (Fsp3) is 0.227. The Morgan fingerprint density at radius 3 is 2.09 bits per heavy atom. The monoisotopic (exact) mass is 519 g/mol. The van der Waals surface area contributed by atoms with Crippen LogP contribution in [0.25, 0.3) is 0 Å². The van der Waals surface area contributed by atoms with Crippen molar-refractivity contribution < 1.29 is 40.3 Å². The van der Waals surface area contributed by atoms with E-state index in [9.17, 15) is 35.5 Å². The summed E-state index contributed by atoms with van der Waals surface area (Å²) in [5, 5.41) is 0.231. The molecular formula is C22H16F7N3O2S. The molecule has 1 heterocycles. The maximum atomic E-state index is 13.2. The molecule has 1 amide bonds. The van der Waals surface area contributed by atoms with E-state index in [4.69, 9.17) is 4.74 Å². The number of thioether (sulfide) groups is 1. The van der Waals surface area contributed by atoms with Crippen LogP contribution in [0.1, 0.15) is 27.0 Å². The van der Waals surface area contributed by atoms with Gasteiger partial charge in [-0.3, -0.25) is 4.79 Å². The third kappa shape index (κ3) is 6.62. The molecule has 186 valence electrons. The van der Waals surface area contributed by atoms with Crippen LogP contribution in [0.2, 0.25) is 0 Å². The van der Waals surface area contributed by atoms with Gasteiger partial charge in [-0.1, -0.05) is 11.8 Å². The maximum absolute atomic E-state index is 13.2. The van der Waals surface area contributed by atoms with Crippen LogP contribution in [0, 0.1) is 5.82 Å². The second-order valence-electron chi connectivity index (χ2n) is 7.21. The molecule has 0 bridgehead atoms. The van der Waals surface area contributed by atoms with Crippen molar-refractivity contribution >= 4 is 17.7 Å². The minimum absolute atomic E-state index is 0.00887. The Labute approximate surface area is 198 Å². The summed E-state index contributed by atoms with van der Waals surface area (Å²) in [6.07, 6.45) is -7.24. The number of hydrogen-bond acceptors (Lipinski definition) is 5. The largest absolute Gasteiger partial charge is 0.438 e. The highest BCUT2D eigenvalue weighted by molar-refractivity contribution is 7.98. The van der Waals surface area contributed by atoms with Crippen molar-refractivity contribution in [3.8, 4) is 11.6 Å². The molecule has 0 aliphatic carbocycles. The number of nitrogens with zero attached hydrogens (tertiary/aromatic N) is 3. The van der Waals surface area contributed by atoms with E-state index in [2.05, 4.69) is 9.97 Å². The maximum Gasteiger partial charge on any atom is 0.416 e. The molecule has 0 spiro atoms. The average Bonchev–Trinajstić information content (AvgIpc) is 2.78. The van der Waals surface area contributed by atoms with E-state index in [1.165, 1.54) is 19.2 Å². The van der Waals surface area contributed by atoms with Gasteiger partial charge in [0.25, 0.3) is 5.91 Å². The molecule has 0 aliphatic rings. The van der Waals surface area contributed by atoms with E-state index < -0.39 is 41.7 Å². The summed E-state index contributed by atoms with van der Waals surface area (Å²) in [4.78, 5) is 22.0. The Morgan fingerprint density at radius 1 is 1.00 bits per heavy atom. The number of hydrogen-bond donors (Lipinski definition) is 0. The Bertz CT molecular complexity index is 1180. The van der Waals surface area contributed by atoms with Crippen LogP contribution in [-0.2, 0) is 18.9 Å². The van der Waals surface area contributed by atoms with Gasteiger partial charge in [-0.2, -0.15) is 31.3 Å². The van der Waals surface area contributed by atoms with Crippen LogP contribution >= 0.6 is 11.8 Å². The van der Waals surface area contributed by atoms with Gasteiger partial charge in [-0.15, -0.1) is 0 Å². The van der Waals surface area contributed by atoms with Crippen LogP contribution in [-0.4, -0.2) is 34.1 Å². The van der Waals surface area contributed by atoms with Gasteiger partial charge in [0.15, 0.2) is 5.16 Å². The van der Waals surface area contributed by atoms with Gasteiger partial charge in [-0.05, 0) is 54.3 Å². The topological polar surface area (TPSA) is 55.3 Å². The third-order valence-corrected chi connectivity index (χ3v) is 5.15. The molecule has 1 aromatic heterocycles. The van der Waals surface area contributed by atoms with Gasteiger partial charge < -0.3 is 9.64 Å². The first-order chi connectivity index (χ1) is 16.3. The highest BCUT2D eigenvalue weighted by Crippen LogP contribution is 2.36. The first-order valence-electron chi connectivity index (χ1n) is 9.66. The molecule has 35 heavy (non-hydrogen) atoms. The van der Waals surface area contributed by atoms with Gasteiger partial charge in [0.05, 0.1) is 11.1 Å². The van der Waals surface area contributed by atoms with E-state index in [-0.39, 0.29) is 34.0 Å². The number of amides is 1. The van der Waals surface area contributed by atoms with E-state index in [0.717, 1.165) is 35.0 Å². The molecule has 0 saturated heterocycles. The molecule has 3 aromatic rings. The zero-order chi connectivity index (χ0) is 26.0. The zero-order valence-corrected chi connectivity index (χ0v) is 18.9. The summed E-state index contributed by atoms with van der Waals surface area (Å²) < 4.78 is 97.6. The molecule has 0 N–H and O–H groups in total. The molecule has 3 rings (SSSR count). The van der Waals surface area contributed by atoms with Crippen molar-refractivity contribution in [3.05, 3.63) is 76.7 Å². The number of alkyl halides is 6. The minimum atomic E-state index is -5.02. The number of benzene rings is 2. The molecule has 5 nitrogen and oxygen atoms in total. The normalized spacial score (nSPS) is 11.9. The zero-order valence-electron chi connectivity index (χ0n) is 18.0. The second kappa shape index (κ2) is 10.1. The fourth-order valence-electron chi connectivity index (χ4n) is 2.95. The van der Waals surface area contributed by atoms with Crippen LogP contribution < -0.4 is 4.74 Å². The molecule has 0 radical (unpaired) electrons. The van der Waals surface area contributed by atoms with Gasteiger partial charge in [0.2, 0.25) is 5.88 Å². The van der Waals surface area contributed by atoms with Gasteiger partial charge in [0.1, 0.15) is 17.1 Å². The van der Waals surface area contributed by atoms with E-state index in [1.54, 1.807) is 6.26 Å². The number of carbonyl (C=O) groups excluding carboxylic acids is 1. The van der Waals surface area contributed by atoms with Crippen molar-refractivity contribution in [2.75, 3.05) is 13.3 Å². The van der Waals surface area contributed by atoms with Crippen molar-refractivity contribution in [2.24, 2.45) is 0 Å². The van der Waals surface area contributed by atoms with Gasteiger partial charge in [0, 0.05) is 19.8 Å². The third-order valence-electron chi connectivity index (χ3n) is 4.59. The van der Waals surface area contributed by atoms with E-state index in [0.29, 0.717) is 12.1 Å². The molecule has 0 fully saturated rings. The first-order valence-corrected chi connectivity index (χ1v) is 10.9. The lowest BCUT2D eigenvalue weighted by Crippen LogP contribution is -2.27. The number of ether oxygens (including phenoxy) is 1. The Kier molecular flexibility index (Phi) is 7.58. The summed E-state index contributed by atoms with van der Waals surface area (Å²) in [7, 11) is 1.19. The summed E-state index contributed by atoms with van der Waals surface area (Å²) in [5.74, 6) is -1.42. The number of aromatic nitrogens is 2. The summed E-state index contributed by atoms with van der Waals surface area (Å²) in [6, 6.07) is 5.90. The fourth-order valence-corrected chi connectivity index (χ4v) is 3.28. The van der Waals surface area contributed by atoms with Crippen molar-refractivity contribution in [1.29, 1.82) is 0 Å². The lowest BCUT2D eigenvalue weighted by molar-refractivity contribution is -0.143. The average molecular weight is 519 g/mol. The lowest BCUT2D eigenvalue weighted by Gasteiger charge is -2.20. The minimum Gasteiger partial charge on any atom is -0.438 e. The molecule has 13 heteroatoms. The predicted octanol–water partition coefficient (Wildman–Crippen LogP) is 6.44. The second-order valence-corrected chi connectivity index (χ2v) is 7.98. The summed E-state index contributed by atoms with van der Waals surface area (Å²) in [5.41, 5.74) is -3.56. The Morgan fingerprint density at radius 2 is 1.57 bits per heavy atom. The lowest BCUT2D eigenvalue weighted by atomic mass is 10.0. The molecule has 0 atom stereocenters. The van der Waals surface area contributed by atoms with Crippen LogP contribution in [0.4, 0.5) is 30.7 Å². The standard InChI is InChI=1S/C22H16F7N3O2S/c1-32(11-12-7-13(21(24,25)26)9-14(8-12)22(27,28)29)19(33)17-10-30-20(35-2)31-18(17)34-16-5-3-15(23)4-6-16/h3-10H,11H2,1-2H3. The Hall–Kier alpha value is -3.35. The molecule has 0 saturated carbocycles. The van der Waals surface area contributed by atoms with Gasteiger partial charge >= 0.3 is 12.4 Å². The Balaban J connectivity index is 1.93. The molecular weight excluding hydrogens is 503 g/mol. The van der Waals surface area contributed by atoms with Crippen LogP contribution in [0.5, 0.6) is 11.6 Å². The SMILES string of the molecule is CSc1ncc(C(=O)N(C)Cc2cc(C(F)(F)F)cc(C(F)(F)F)c2)c(Oc2ccc(F)cc2)n1. The van der Waals surface area contributed by atoms with Crippen molar-refractivity contribution in [3.63, 3.8) is 0 Å². The smallest absolute Gasteiger partial charge is 0.416 e. The quantitative estimate of drug-likeness (QED) is 0.213. The van der Waals surface area contributed by atoms with Crippen molar-refractivity contribution in [2.45, 2.75) is 24.1 Å². The summed E-state index contributed by atoms with van der Waals surface area (Å²) >= 11 is 1.13. The van der Waals surface area contributed by atoms with Gasteiger partial charge in [-0.25, -0.2) is 9.37 Å². The number of carbonyl (C=O) groups is 1. The predicted molar refractivity (Wildman–Crippen MR) is 113 cm³/mol. The number of rotatable bonds is 6. The van der Waals surface area contributed by atoms with E-state index >= 15 is 0 Å². The molecule has 2 aromatic carbocycles. The number of halogens is 7. The van der Waals surface area contributed by atoms with E-state index in [1.807, 2.05) is 0 Å². The van der Waals surface area contributed by atoms with Crippen LogP contribution in [0.3, 0.4) is 0 Å². The highest BCUT2D eigenvalue weighted by atomic mass is 32.2. The molecule has 0 aliphatic heterocycles. The van der Waals surface area contributed by atoms with Crippen LogP contribution in [0.15, 0.2) is 53.8 Å². The first kappa shape index (κ1) is 26.3. The molecule has 0 unspecified atom stereocenters. The van der Waals surface area contributed by atoms with Crippen molar-refractivity contribution in [1.82, 2.24) is 14.9 Å². The highest BCUT2D eigenvalue weighted by Gasteiger charge is 2.37. The summed E-state index contributed by atoms with van der Waals surface area (Å²) in [6.45, 7) is -0.577.